The Morgan fingerprint density at radius 2 is 2.05 bits per heavy atom. The van der Waals surface area contributed by atoms with E-state index in [4.69, 9.17) is 9.47 Å². The second-order valence-corrected chi connectivity index (χ2v) is 6.60. The second-order valence-electron chi connectivity index (χ2n) is 4.74. The van der Waals surface area contributed by atoms with Crippen LogP contribution in [-0.4, -0.2) is 40.5 Å². The number of nitrogens with one attached hydrogen (secondary N) is 1. The molecule has 1 atom stereocenters. The smallest absolute Gasteiger partial charge is 0.162 e. The average molecular weight is 306 g/mol. The molecule has 0 bridgehead atoms. The number of fused-ring (bicyclic) bond motifs is 2. The van der Waals surface area contributed by atoms with Gasteiger partial charge in [0.25, 0.3) is 0 Å². The third kappa shape index (κ3) is 3.10. The highest BCUT2D eigenvalue weighted by atomic mass is 32.2. The van der Waals surface area contributed by atoms with Gasteiger partial charge < -0.3 is 14.8 Å². The van der Waals surface area contributed by atoms with Gasteiger partial charge in [-0.2, -0.15) is 0 Å². The topological polar surface area (TPSA) is 60.5 Å². The fourth-order valence-electron chi connectivity index (χ4n) is 2.28. The monoisotopic (exact) mass is 306 g/mol. The van der Waals surface area contributed by atoms with Crippen molar-refractivity contribution in [2.24, 2.45) is 0 Å². The lowest BCUT2D eigenvalue weighted by Crippen LogP contribution is -2.15. The molecule has 1 unspecified atom stereocenters. The van der Waals surface area contributed by atoms with E-state index in [1.54, 1.807) is 6.20 Å². The molecule has 1 aromatic carbocycles. The molecule has 1 aromatic heterocycles. The zero-order valence-corrected chi connectivity index (χ0v) is 12.7. The van der Waals surface area contributed by atoms with Gasteiger partial charge in [0, 0.05) is 40.4 Å². The van der Waals surface area contributed by atoms with Crippen molar-refractivity contribution in [1.82, 2.24) is 4.98 Å². The molecular formula is C15H18N2O3S. The molecule has 0 saturated carbocycles. The van der Waals surface area contributed by atoms with E-state index in [0.717, 1.165) is 28.1 Å². The van der Waals surface area contributed by atoms with Crippen LogP contribution in [0.15, 0.2) is 24.4 Å². The van der Waals surface area contributed by atoms with Crippen LogP contribution in [0, 0.1) is 0 Å². The van der Waals surface area contributed by atoms with Crippen molar-refractivity contribution in [3.8, 4) is 11.5 Å². The Hall–Kier alpha value is -1.82. The van der Waals surface area contributed by atoms with Gasteiger partial charge in [-0.3, -0.25) is 4.21 Å². The first-order valence-corrected chi connectivity index (χ1v) is 8.54. The molecule has 2 heterocycles. The van der Waals surface area contributed by atoms with Crippen LogP contribution in [0.2, 0.25) is 0 Å². The van der Waals surface area contributed by atoms with Crippen LogP contribution in [0.4, 0.5) is 5.82 Å². The van der Waals surface area contributed by atoms with Gasteiger partial charge in [0.05, 0.1) is 0 Å². The summed E-state index contributed by atoms with van der Waals surface area (Å²) in [5.41, 5.74) is 0. The molecule has 5 nitrogen and oxygen atoms in total. The minimum absolute atomic E-state index is 0.566. The van der Waals surface area contributed by atoms with Crippen molar-refractivity contribution >= 4 is 27.4 Å². The van der Waals surface area contributed by atoms with E-state index in [2.05, 4.69) is 10.3 Å². The first-order chi connectivity index (χ1) is 10.3. The summed E-state index contributed by atoms with van der Waals surface area (Å²) < 4.78 is 22.7. The number of benzene rings is 1. The standard InChI is InChI=1S/C15H18N2O3S/c1-2-21(18)8-5-17-15-12-10-14-13(19-6-7-20-14)9-11(12)3-4-16-15/h3-4,9-10H,2,5-8H2,1H3,(H,16,17). The normalized spacial score (nSPS) is 14.9. The lowest BCUT2D eigenvalue weighted by Gasteiger charge is -2.19. The fraction of sp³-hybridized carbons (Fsp3) is 0.400. The van der Waals surface area contributed by atoms with Crippen LogP contribution in [0.3, 0.4) is 0 Å². The Morgan fingerprint density at radius 1 is 1.29 bits per heavy atom. The van der Waals surface area contributed by atoms with Crippen molar-refractivity contribution in [2.45, 2.75) is 6.92 Å². The Labute approximate surface area is 126 Å². The zero-order chi connectivity index (χ0) is 14.7. The van der Waals surface area contributed by atoms with Gasteiger partial charge in [-0.05, 0) is 23.6 Å². The summed E-state index contributed by atoms with van der Waals surface area (Å²) in [4.78, 5) is 4.37. The van der Waals surface area contributed by atoms with E-state index >= 15 is 0 Å². The zero-order valence-electron chi connectivity index (χ0n) is 11.9. The maximum atomic E-state index is 11.5. The number of nitrogens with zero attached hydrogens (tertiary/aromatic N) is 1. The number of rotatable bonds is 5. The molecule has 0 amide bonds. The van der Waals surface area contributed by atoms with Crippen molar-refractivity contribution in [3.63, 3.8) is 0 Å². The predicted octanol–water partition coefficient (Wildman–Crippen LogP) is 2.19. The van der Waals surface area contributed by atoms with Crippen LogP contribution in [0.5, 0.6) is 11.5 Å². The average Bonchev–Trinajstić information content (AvgIpc) is 2.53. The van der Waals surface area contributed by atoms with Gasteiger partial charge in [0.1, 0.15) is 19.0 Å². The van der Waals surface area contributed by atoms with Crippen LogP contribution < -0.4 is 14.8 Å². The van der Waals surface area contributed by atoms with Gasteiger partial charge in [0.2, 0.25) is 0 Å². The molecule has 0 saturated heterocycles. The summed E-state index contributed by atoms with van der Waals surface area (Å²) >= 11 is 0. The summed E-state index contributed by atoms with van der Waals surface area (Å²) in [5.74, 6) is 3.63. The maximum Gasteiger partial charge on any atom is 0.162 e. The van der Waals surface area contributed by atoms with Crippen molar-refractivity contribution < 1.29 is 13.7 Å². The Bertz CT molecular complexity index is 675. The summed E-state index contributed by atoms with van der Waals surface area (Å²) in [6.07, 6.45) is 1.76. The molecule has 3 rings (SSSR count). The number of hydrogen-bond acceptors (Lipinski definition) is 5. The molecule has 2 aromatic rings. The molecule has 0 aliphatic carbocycles. The van der Waals surface area contributed by atoms with Gasteiger partial charge in [0.15, 0.2) is 11.5 Å². The molecule has 1 N–H and O–H groups in total. The van der Waals surface area contributed by atoms with Crippen molar-refractivity contribution in [1.29, 1.82) is 0 Å². The maximum absolute atomic E-state index is 11.5. The molecule has 1 aliphatic heterocycles. The molecule has 112 valence electrons. The Morgan fingerprint density at radius 3 is 2.81 bits per heavy atom. The third-order valence-corrected chi connectivity index (χ3v) is 4.67. The predicted molar refractivity (Wildman–Crippen MR) is 84.8 cm³/mol. The van der Waals surface area contributed by atoms with Gasteiger partial charge in [-0.25, -0.2) is 4.98 Å². The van der Waals surface area contributed by atoms with E-state index < -0.39 is 10.8 Å². The van der Waals surface area contributed by atoms with Crippen LogP contribution in [0.1, 0.15) is 6.92 Å². The van der Waals surface area contributed by atoms with Gasteiger partial charge in [-0.1, -0.05) is 6.92 Å². The van der Waals surface area contributed by atoms with Crippen molar-refractivity contribution in [2.75, 3.05) is 36.6 Å². The minimum Gasteiger partial charge on any atom is -0.486 e. The van der Waals surface area contributed by atoms with Crippen LogP contribution in [0.25, 0.3) is 10.8 Å². The fourth-order valence-corrected chi connectivity index (χ4v) is 2.90. The highest BCUT2D eigenvalue weighted by Crippen LogP contribution is 2.36. The molecule has 0 fully saturated rings. The summed E-state index contributed by atoms with van der Waals surface area (Å²) in [6, 6.07) is 5.87. The molecule has 0 radical (unpaired) electrons. The Kier molecular flexibility index (Phi) is 4.24. The van der Waals surface area contributed by atoms with E-state index in [9.17, 15) is 4.21 Å². The largest absolute Gasteiger partial charge is 0.486 e. The van der Waals surface area contributed by atoms with Crippen LogP contribution in [-0.2, 0) is 10.8 Å². The van der Waals surface area contributed by atoms with E-state index in [1.807, 2.05) is 25.1 Å². The molecule has 0 spiro atoms. The summed E-state index contributed by atoms with van der Waals surface area (Å²) in [6.45, 7) is 3.71. The van der Waals surface area contributed by atoms with Gasteiger partial charge in [-0.15, -0.1) is 0 Å². The molecule has 6 heteroatoms. The van der Waals surface area contributed by atoms with E-state index in [1.165, 1.54) is 0 Å². The first-order valence-electron chi connectivity index (χ1n) is 7.05. The van der Waals surface area contributed by atoms with Gasteiger partial charge >= 0.3 is 0 Å². The number of ether oxygens (including phenoxy) is 2. The Balaban J connectivity index is 1.86. The lowest BCUT2D eigenvalue weighted by molar-refractivity contribution is 0.172. The molecular weight excluding hydrogens is 288 g/mol. The van der Waals surface area contributed by atoms with Crippen molar-refractivity contribution in [3.05, 3.63) is 24.4 Å². The molecule has 21 heavy (non-hydrogen) atoms. The number of anilines is 1. The second kappa shape index (κ2) is 6.30. The number of pyridine rings is 1. The summed E-state index contributed by atoms with van der Waals surface area (Å²) in [7, 11) is -0.771. The number of hydrogen-bond donors (Lipinski definition) is 1. The third-order valence-electron chi connectivity index (χ3n) is 3.37. The van der Waals surface area contributed by atoms with E-state index in [0.29, 0.717) is 31.3 Å². The minimum atomic E-state index is -0.771. The highest BCUT2D eigenvalue weighted by molar-refractivity contribution is 7.84. The highest BCUT2D eigenvalue weighted by Gasteiger charge is 2.14. The van der Waals surface area contributed by atoms with E-state index in [-0.39, 0.29) is 0 Å². The summed E-state index contributed by atoms with van der Waals surface area (Å²) in [5, 5.41) is 5.30. The first kappa shape index (κ1) is 14.1. The van der Waals surface area contributed by atoms with Crippen LogP contribution >= 0.6 is 0 Å². The lowest BCUT2D eigenvalue weighted by atomic mass is 10.1. The quantitative estimate of drug-likeness (QED) is 0.917. The number of aromatic nitrogens is 1. The molecule has 1 aliphatic rings. The SMILES string of the molecule is CCS(=O)CCNc1nccc2cc3c(cc12)OCCO3.